The van der Waals surface area contributed by atoms with E-state index >= 15 is 0 Å². The normalized spacial score (nSPS) is 10.3. The Kier molecular flexibility index (Phi) is 8.16. The van der Waals surface area contributed by atoms with Gasteiger partial charge in [-0.15, -0.1) is 11.3 Å². The number of esters is 1. The van der Waals surface area contributed by atoms with E-state index in [1.807, 2.05) is 0 Å². The van der Waals surface area contributed by atoms with Gasteiger partial charge in [0, 0.05) is 25.1 Å². The molecule has 7 nitrogen and oxygen atoms in total. The van der Waals surface area contributed by atoms with Crippen molar-refractivity contribution in [2.45, 2.75) is 19.3 Å². The lowest BCUT2D eigenvalue weighted by Gasteiger charge is -2.22. The Morgan fingerprint density at radius 1 is 1.00 bits per heavy atom. The largest absolute Gasteiger partial charge is 0.456 e. The lowest BCUT2D eigenvalue weighted by molar-refractivity contribution is -0.147. The molecule has 1 aromatic heterocycles. The number of halogens is 1. The number of Topliss-reactive ketones (excluding diaryl/α,β-unsaturated/α-hetero) is 1. The van der Waals surface area contributed by atoms with E-state index in [0.717, 1.165) is 11.3 Å². The first-order chi connectivity index (χ1) is 13.4. The van der Waals surface area contributed by atoms with Crippen molar-refractivity contribution in [2.75, 3.05) is 18.1 Å². The summed E-state index contributed by atoms with van der Waals surface area (Å²) in [5, 5.41) is 0. The third-order valence-corrected chi connectivity index (χ3v) is 4.98. The summed E-state index contributed by atoms with van der Waals surface area (Å²) in [5.41, 5.74) is 5.72. The summed E-state index contributed by atoms with van der Waals surface area (Å²) in [4.78, 5) is 49.1. The number of hydrogen-bond donors (Lipinski definition) is 1. The van der Waals surface area contributed by atoms with Gasteiger partial charge >= 0.3 is 5.97 Å². The zero-order valence-electron chi connectivity index (χ0n) is 14.9. The summed E-state index contributed by atoms with van der Waals surface area (Å²) < 4.78 is 5.48. The van der Waals surface area contributed by atoms with E-state index in [0.29, 0.717) is 14.9 Å². The summed E-state index contributed by atoms with van der Waals surface area (Å²) >= 11 is 6.92. The van der Waals surface area contributed by atoms with Crippen LogP contribution in [-0.4, -0.2) is 36.7 Å². The van der Waals surface area contributed by atoms with E-state index in [1.54, 1.807) is 42.5 Å². The fraction of sp³-hybridized carbons (Fsp3) is 0.263. The van der Waals surface area contributed by atoms with Crippen LogP contribution in [0.15, 0.2) is 42.5 Å². The van der Waals surface area contributed by atoms with E-state index < -0.39 is 24.4 Å². The lowest BCUT2D eigenvalue weighted by Crippen LogP contribution is -2.37. The van der Waals surface area contributed by atoms with Crippen LogP contribution in [0.5, 0.6) is 0 Å². The van der Waals surface area contributed by atoms with E-state index in [-0.39, 0.29) is 31.6 Å². The van der Waals surface area contributed by atoms with Crippen LogP contribution >= 0.6 is 22.9 Å². The molecule has 2 aromatic rings. The van der Waals surface area contributed by atoms with Crippen molar-refractivity contribution in [3.05, 3.63) is 51.7 Å². The minimum atomic E-state index is -0.660. The van der Waals surface area contributed by atoms with Gasteiger partial charge in [-0.1, -0.05) is 29.8 Å². The van der Waals surface area contributed by atoms with Crippen molar-refractivity contribution >= 4 is 52.2 Å². The molecular formula is C19H19ClN2O5S. The number of anilines is 1. The molecule has 2 amide bonds. The van der Waals surface area contributed by atoms with Crippen LogP contribution in [0.2, 0.25) is 4.34 Å². The second-order valence-electron chi connectivity index (χ2n) is 5.78. The number of carbonyl (C=O) groups excluding carboxylic acids is 4. The SMILES string of the molecule is NC(=O)CCN(C(=O)COC(=O)CCC(=O)c1ccc(Cl)s1)c1ccccc1. The number of hydrogen-bond acceptors (Lipinski definition) is 6. The second kappa shape index (κ2) is 10.6. The van der Waals surface area contributed by atoms with Crippen LogP contribution in [0.4, 0.5) is 5.69 Å². The van der Waals surface area contributed by atoms with Crippen molar-refractivity contribution in [1.29, 1.82) is 0 Å². The molecule has 2 rings (SSSR count). The summed E-state index contributed by atoms with van der Waals surface area (Å²) in [5.74, 6) is -1.91. The van der Waals surface area contributed by atoms with Crippen LogP contribution in [0.1, 0.15) is 28.9 Å². The van der Waals surface area contributed by atoms with E-state index in [9.17, 15) is 19.2 Å². The van der Waals surface area contributed by atoms with Crippen LogP contribution in [0.3, 0.4) is 0 Å². The zero-order chi connectivity index (χ0) is 20.5. The molecule has 0 radical (unpaired) electrons. The predicted octanol–water partition coefficient (Wildman–Crippen LogP) is 2.82. The predicted molar refractivity (Wildman–Crippen MR) is 106 cm³/mol. The highest BCUT2D eigenvalue weighted by Crippen LogP contribution is 2.23. The molecule has 148 valence electrons. The highest BCUT2D eigenvalue weighted by Gasteiger charge is 2.19. The standard InChI is InChI=1S/C19H19ClN2O5S/c20-16-8-7-15(28-16)14(23)6-9-19(26)27-12-18(25)22(11-10-17(21)24)13-4-2-1-3-5-13/h1-5,7-8H,6,9-12H2,(H2,21,24). The first kappa shape index (κ1) is 21.6. The average molecular weight is 423 g/mol. The molecule has 0 spiro atoms. The molecule has 1 aromatic carbocycles. The molecule has 0 aliphatic heterocycles. The number of benzene rings is 1. The van der Waals surface area contributed by atoms with Crippen molar-refractivity contribution < 1.29 is 23.9 Å². The van der Waals surface area contributed by atoms with Crippen LogP contribution in [0, 0.1) is 0 Å². The third-order valence-electron chi connectivity index (χ3n) is 3.71. The highest BCUT2D eigenvalue weighted by atomic mass is 35.5. The quantitative estimate of drug-likeness (QED) is 0.468. The second-order valence-corrected chi connectivity index (χ2v) is 7.50. The Bertz CT molecular complexity index is 853. The monoisotopic (exact) mass is 422 g/mol. The zero-order valence-corrected chi connectivity index (χ0v) is 16.5. The Morgan fingerprint density at radius 2 is 1.71 bits per heavy atom. The van der Waals surface area contributed by atoms with E-state index in [1.165, 1.54) is 4.90 Å². The van der Waals surface area contributed by atoms with Gasteiger partial charge in [-0.05, 0) is 24.3 Å². The smallest absolute Gasteiger partial charge is 0.306 e. The van der Waals surface area contributed by atoms with Crippen LogP contribution in [0.25, 0.3) is 0 Å². The van der Waals surface area contributed by atoms with Crippen molar-refractivity contribution in [1.82, 2.24) is 0 Å². The lowest BCUT2D eigenvalue weighted by atomic mass is 10.2. The molecule has 9 heteroatoms. The number of thiophene rings is 1. The molecular weight excluding hydrogens is 404 g/mol. The van der Waals surface area contributed by atoms with E-state index in [4.69, 9.17) is 22.1 Å². The van der Waals surface area contributed by atoms with Gasteiger partial charge in [0.2, 0.25) is 5.91 Å². The maximum absolute atomic E-state index is 12.4. The molecule has 28 heavy (non-hydrogen) atoms. The first-order valence-corrected chi connectivity index (χ1v) is 9.64. The Labute approximate surface area is 171 Å². The molecule has 0 unspecified atom stereocenters. The Balaban J connectivity index is 1.86. The molecule has 0 fully saturated rings. The topological polar surface area (TPSA) is 107 Å². The number of ketones is 1. The number of carbonyl (C=O) groups is 4. The molecule has 0 aliphatic rings. The van der Waals surface area contributed by atoms with Gasteiger partial charge < -0.3 is 15.4 Å². The minimum absolute atomic E-state index is 0.0214. The third kappa shape index (κ3) is 6.79. The minimum Gasteiger partial charge on any atom is -0.456 e. The molecule has 1 heterocycles. The number of nitrogens with zero attached hydrogens (tertiary/aromatic N) is 1. The number of rotatable bonds is 10. The first-order valence-electron chi connectivity index (χ1n) is 8.44. The molecule has 0 aliphatic carbocycles. The van der Waals surface area contributed by atoms with Gasteiger partial charge in [-0.25, -0.2) is 0 Å². The number of ether oxygens (including phenoxy) is 1. The highest BCUT2D eigenvalue weighted by molar-refractivity contribution is 7.18. The summed E-state index contributed by atoms with van der Waals surface area (Å²) in [7, 11) is 0. The van der Waals surface area contributed by atoms with Gasteiger partial charge in [0.1, 0.15) is 0 Å². The van der Waals surface area contributed by atoms with Gasteiger partial charge in [0.15, 0.2) is 12.4 Å². The summed E-state index contributed by atoms with van der Waals surface area (Å²) in [6.07, 6.45) is -0.200. The Morgan fingerprint density at radius 3 is 2.32 bits per heavy atom. The number of amides is 2. The number of primary amides is 1. The molecule has 0 saturated heterocycles. The number of nitrogens with two attached hydrogens (primary N) is 1. The maximum atomic E-state index is 12.4. The molecule has 0 bridgehead atoms. The van der Waals surface area contributed by atoms with E-state index in [2.05, 4.69) is 0 Å². The van der Waals surface area contributed by atoms with Gasteiger partial charge in [0.25, 0.3) is 5.91 Å². The molecule has 0 saturated carbocycles. The maximum Gasteiger partial charge on any atom is 0.306 e. The van der Waals surface area contributed by atoms with Gasteiger partial charge in [-0.2, -0.15) is 0 Å². The molecule has 0 atom stereocenters. The summed E-state index contributed by atoms with van der Waals surface area (Å²) in [6, 6.07) is 11.9. The van der Waals surface area contributed by atoms with Crippen LogP contribution < -0.4 is 10.6 Å². The van der Waals surface area contributed by atoms with Crippen LogP contribution in [-0.2, 0) is 19.1 Å². The van der Waals surface area contributed by atoms with Crippen molar-refractivity contribution in [2.24, 2.45) is 5.73 Å². The molecule has 2 N–H and O–H groups in total. The average Bonchev–Trinajstić information content (AvgIpc) is 3.11. The van der Waals surface area contributed by atoms with Crippen molar-refractivity contribution in [3.63, 3.8) is 0 Å². The Hall–Kier alpha value is -2.71. The van der Waals surface area contributed by atoms with Gasteiger partial charge in [0.05, 0.1) is 15.6 Å². The fourth-order valence-corrected chi connectivity index (χ4v) is 3.33. The van der Waals surface area contributed by atoms with Gasteiger partial charge in [-0.3, -0.25) is 19.2 Å². The fourth-order valence-electron chi connectivity index (χ4n) is 2.32. The number of para-hydroxylation sites is 1. The summed E-state index contributed by atoms with van der Waals surface area (Å²) in [6.45, 7) is -0.418. The van der Waals surface area contributed by atoms with Crippen molar-refractivity contribution in [3.8, 4) is 0 Å².